The predicted molar refractivity (Wildman–Crippen MR) is 104 cm³/mol. The summed E-state index contributed by atoms with van der Waals surface area (Å²) in [5, 5.41) is 3.51. The van der Waals surface area contributed by atoms with E-state index in [0.29, 0.717) is 0 Å². The Labute approximate surface area is 149 Å². The van der Waals surface area contributed by atoms with E-state index in [1.807, 2.05) is 18.2 Å². The molecule has 132 valence electrons. The molecule has 3 aromatic rings. The Balaban J connectivity index is 1.74. The molecule has 1 N–H and O–H groups in total. The summed E-state index contributed by atoms with van der Waals surface area (Å²) in [6, 6.07) is 16.5. The molecule has 4 nitrogen and oxygen atoms in total. The highest BCUT2D eigenvalue weighted by Crippen LogP contribution is 2.21. The van der Waals surface area contributed by atoms with E-state index in [1.54, 1.807) is 7.11 Å². The van der Waals surface area contributed by atoms with Gasteiger partial charge in [-0.25, -0.2) is 4.98 Å². The molecule has 3 rings (SSSR count). The third-order valence-electron chi connectivity index (χ3n) is 4.50. The third kappa shape index (κ3) is 4.32. The maximum absolute atomic E-state index is 5.22. The van der Waals surface area contributed by atoms with Gasteiger partial charge in [-0.1, -0.05) is 50.5 Å². The Morgan fingerprint density at radius 1 is 1.00 bits per heavy atom. The molecule has 1 heterocycles. The van der Waals surface area contributed by atoms with Crippen LogP contribution in [-0.4, -0.2) is 16.7 Å². The normalized spacial score (nSPS) is 11.0. The highest BCUT2D eigenvalue weighted by atomic mass is 16.5. The fourth-order valence-electron chi connectivity index (χ4n) is 3.06. The first-order valence-corrected chi connectivity index (χ1v) is 9.14. The molecule has 0 fully saturated rings. The van der Waals surface area contributed by atoms with Gasteiger partial charge in [-0.3, -0.25) is 0 Å². The minimum atomic E-state index is 0.752. The first-order valence-electron chi connectivity index (χ1n) is 9.14. The number of para-hydroxylation sites is 2. The zero-order valence-corrected chi connectivity index (χ0v) is 15.2. The molecule has 0 aliphatic heterocycles. The summed E-state index contributed by atoms with van der Waals surface area (Å²) in [4.78, 5) is 4.79. The van der Waals surface area contributed by atoms with Crippen molar-refractivity contribution >= 4 is 17.0 Å². The Kier molecular flexibility index (Phi) is 5.94. The maximum atomic E-state index is 5.22. The van der Waals surface area contributed by atoms with Crippen LogP contribution >= 0.6 is 0 Å². The van der Waals surface area contributed by atoms with E-state index >= 15 is 0 Å². The summed E-state index contributed by atoms with van der Waals surface area (Å²) in [6.45, 7) is 4.00. The topological polar surface area (TPSA) is 39.1 Å². The van der Waals surface area contributed by atoms with Gasteiger partial charge in [0.05, 0.1) is 18.1 Å². The van der Waals surface area contributed by atoms with E-state index in [2.05, 4.69) is 47.1 Å². The molecule has 0 saturated carbocycles. The molecule has 25 heavy (non-hydrogen) atoms. The molecule has 0 saturated heterocycles. The molecule has 4 heteroatoms. The lowest BCUT2D eigenvalue weighted by Gasteiger charge is -2.11. The Hall–Kier alpha value is -2.49. The van der Waals surface area contributed by atoms with E-state index in [0.717, 1.165) is 30.3 Å². The lowest BCUT2D eigenvalue weighted by Crippen LogP contribution is -2.08. The Morgan fingerprint density at radius 3 is 2.56 bits per heavy atom. The van der Waals surface area contributed by atoms with Crippen molar-refractivity contribution in [1.82, 2.24) is 9.55 Å². The molecule has 0 aliphatic carbocycles. The van der Waals surface area contributed by atoms with Crippen molar-refractivity contribution < 1.29 is 4.74 Å². The van der Waals surface area contributed by atoms with Crippen LogP contribution in [0.25, 0.3) is 11.0 Å². The van der Waals surface area contributed by atoms with Crippen LogP contribution in [0.3, 0.4) is 0 Å². The van der Waals surface area contributed by atoms with Gasteiger partial charge in [0, 0.05) is 13.1 Å². The summed E-state index contributed by atoms with van der Waals surface area (Å²) >= 11 is 0. The Morgan fingerprint density at radius 2 is 1.80 bits per heavy atom. The van der Waals surface area contributed by atoms with Gasteiger partial charge >= 0.3 is 0 Å². The van der Waals surface area contributed by atoms with Crippen molar-refractivity contribution in [2.24, 2.45) is 0 Å². The monoisotopic (exact) mass is 337 g/mol. The van der Waals surface area contributed by atoms with Gasteiger partial charge in [-0.05, 0) is 36.2 Å². The largest absolute Gasteiger partial charge is 0.497 e. The first-order chi connectivity index (χ1) is 12.3. The molecule has 0 radical (unpaired) electrons. The molecule has 0 atom stereocenters. The van der Waals surface area contributed by atoms with Gasteiger partial charge in [-0.2, -0.15) is 0 Å². The van der Waals surface area contributed by atoms with Crippen LogP contribution in [0.2, 0.25) is 0 Å². The van der Waals surface area contributed by atoms with Gasteiger partial charge in [0.2, 0.25) is 5.95 Å². The molecule has 0 spiro atoms. The number of nitrogens with zero attached hydrogens (tertiary/aromatic N) is 2. The number of anilines is 1. The summed E-state index contributed by atoms with van der Waals surface area (Å²) in [6.07, 6.45) is 5.00. The second-order valence-corrected chi connectivity index (χ2v) is 6.34. The average molecular weight is 337 g/mol. The first kappa shape index (κ1) is 17.3. The minimum absolute atomic E-state index is 0.752. The average Bonchev–Trinajstić information content (AvgIpc) is 3.01. The van der Waals surface area contributed by atoms with Crippen LogP contribution in [0.15, 0.2) is 48.5 Å². The second kappa shape index (κ2) is 8.56. The van der Waals surface area contributed by atoms with Crippen molar-refractivity contribution in [2.75, 3.05) is 12.4 Å². The number of nitrogens with one attached hydrogen (secondary N) is 1. The fraction of sp³-hybridized carbons (Fsp3) is 0.381. The number of hydrogen-bond donors (Lipinski definition) is 1. The van der Waals surface area contributed by atoms with Crippen LogP contribution in [0.5, 0.6) is 5.75 Å². The SMILES string of the molecule is CCCCCCn1c(NCc2ccc(OC)cc2)nc2ccccc21. The second-order valence-electron chi connectivity index (χ2n) is 6.34. The van der Waals surface area contributed by atoms with Crippen molar-refractivity contribution in [1.29, 1.82) is 0 Å². The number of aryl methyl sites for hydroxylation is 1. The molecule has 0 amide bonds. The summed E-state index contributed by atoms with van der Waals surface area (Å²) < 4.78 is 7.53. The summed E-state index contributed by atoms with van der Waals surface area (Å²) in [7, 11) is 1.69. The van der Waals surface area contributed by atoms with Crippen LogP contribution < -0.4 is 10.1 Å². The smallest absolute Gasteiger partial charge is 0.204 e. The number of aromatic nitrogens is 2. The molecule has 0 unspecified atom stereocenters. The number of methoxy groups -OCH3 is 1. The number of hydrogen-bond acceptors (Lipinski definition) is 3. The van der Waals surface area contributed by atoms with E-state index in [4.69, 9.17) is 9.72 Å². The van der Waals surface area contributed by atoms with Crippen molar-refractivity contribution in [3.05, 3.63) is 54.1 Å². The summed E-state index contributed by atoms with van der Waals surface area (Å²) in [5.74, 6) is 1.83. The van der Waals surface area contributed by atoms with Crippen molar-refractivity contribution in [2.45, 2.75) is 45.7 Å². The quantitative estimate of drug-likeness (QED) is 0.543. The van der Waals surface area contributed by atoms with Crippen LogP contribution in [0.1, 0.15) is 38.2 Å². The standard InChI is InChI=1S/C21H27N3O/c1-3-4-5-8-15-24-20-10-7-6-9-19(20)23-21(24)22-16-17-11-13-18(25-2)14-12-17/h6-7,9-14H,3-5,8,15-16H2,1-2H3,(H,22,23). The maximum Gasteiger partial charge on any atom is 0.204 e. The third-order valence-corrected chi connectivity index (χ3v) is 4.50. The minimum Gasteiger partial charge on any atom is -0.497 e. The zero-order chi connectivity index (χ0) is 17.5. The lowest BCUT2D eigenvalue weighted by atomic mass is 10.2. The number of unbranched alkanes of at least 4 members (excludes halogenated alkanes) is 3. The van der Waals surface area contributed by atoms with Gasteiger partial charge in [0.15, 0.2) is 0 Å². The van der Waals surface area contributed by atoms with Crippen molar-refractivity contribution in [3.8, 4) is 5.75 Å². The Bertz CT molecular complexity index is 793. The predicted octanol–water partition coefficient (Wildman–Crippen LogP) is 5.24. The van der Waals surface area contributed by atoms with Gasteiger partial charge in [-0.15, -0.1) is 0 Å². The molecular formula is C21H27N3O. The lowest BCUT2D eigenvalue weighted by molar-refractivity contribution is 0.414. The molecule has 0 bridgehead atoms. The highest BCUT2D eigenvalue weighted by Gasteiger charge is 2.09. The van der Waals surface area contributed by atoms with E-state index in [-0.39, 0.29) is 0 Å². The number of benzene rings is 2. The van der Waals surface area contributed by atoms with E-state index in [9.17, 15) is 0 Å². The number of rotatable bonds is 9. The van der Waals surface area contributed by atoms with Crippen LogP contribution in [0.4, 0.5) is 5.95 Å². The summed E-state index contributed by atoms with van der Waals surface area (Å²) in [5.41, 5.74) is 3.47. The van der Waals surface area contributed by atoms with Crippen LogP contribution in [-0.2, 0) is 13.1 Å². The van der Waals surface area contributed by atoms with Gasteiger partial charge < -0.3 is 14.6 Å². The van der Waals surface area contributed by atoms with Crippen molar-refractivity contribution in [3.63, 3.8) is 0 Å². The van der Waals surface area contributed by atoms with E-state index < -0.39 is 0 Å². The number of fused-ring (bicyclic) bond motifs is 1. The highest BCUT2D eigenvalue weighted by molar-refractivity contribution is 5.78. The number of imidazole rings is 1. The number of ether oxygens (including phenoxy) is 1. The van der Waals surface area contributed by atoms with Crippen LogP contribution in [0, 0.1) is 0 Å². The molecule has 1 aromatic heterocycles. The van der Waals surface area contributed by atoms with Gasteiger partial charge in [0.1, 0.15) is 5.75 Å². The molecule has 2 aromatic carbocycles. The zero-order valence-electron chi connectivity index (χ0n) is 15.2. The van der Waals surface area contributed by atoms with E-state index in [1.165, 1.54) is 36.8 Å². The van der Waals surface area contributed by atoms with Gasteiger partial charge in [0.25, 0.3) is 0 Å². The molecule has 0 aliphatic rings. The fourth-order valence-corrected chi connectivity index (χ4v) is 3.06. The molecular weight excluding hydrogens is 310 g/mol.